The molecule has 4 nitrogen and oxygen atoms in total. The second-order valence-corrected chi connectivity index (χ2v) is 5.16. The number of carbonyl (C=O) groups excluding carboxylic acids is 1. The van der Waals surface area contributed by atoms with Crippen LogP contribution >= 0.6 is 11.3 Å². The van der Waals surface area contributed by atoms with Crippen molar-refractivity contribution in [2.45, 2.75) is 32.9 Å². The van der Waals surface area contributed by atoms with Gasteiger partial charge in [0.15, 0.2) is 0 Å². The van der Waals surface area contributed by atoms with Crippen molar-refractivity contribution >= 4 is 17.2 Å². The molecule has 1 fully saturated rings. The summed E-state index contributed by atoms with van der Waals surface area (Å²) in [6, 6.07) is 0.424. The lowest BCUT2D eigenvalue weighted by Crippen LogP contribution is -2.33. The van der Waals surface area contributed by atoms with Gasteiger partial charge in [0.25, 0.3) is 0 Å². The second-order valence-electron chi connectivity index (χ2n) is 4.21. The van der Waals surface area contributed by atoms with E-state index in [1.807, 2.05) is 11.8 Å². The summed E-state index contributed by atoms with van der Waals surface area (Å²) in [6.07, 6.45) is 1.05. The first-order chi connectivity index (χ1) is 7.65. The van der Waals surface area contributed by atoms with E-state index >= 15 is 0 Å². The normalized spacial score (nSPS) is 20.4. The molecule has 1 aliphatic rings. The van der Waals surface area contributed by atoms with Crippen LogP contribution in [0.1, 0.15) is 24.0 Å². The van der Waals surface area contributed by atoms with Crippen LogP contribution in [0, 0.1) is 6.92 Å². The van der Waals surface area contributed by atoms with Crippen LogP contribution in [0.3, 0.4) is 0 Å². The molecule has 1 aromatic heterocycles. The highest BCUT2D eigenvalue weighted by Gasteiger charge is 2.23. The fourth-order valence-electron chi connectivity index (χ4n) is 1.93. The number of nitrogens with one attached hydrogen (secondary N) is 1. The van der Waals surface area contributed by atoms with Crippen LogP contribution in [0.15, 0.2) is 5.38 Å². The molecule has 1 saturated heterocycles. The highest BCUT2D eigenvalue weighted by molar-refractivity contribution is 7.09. The molecule has 1 aromatic rings. The first-order valence-corrected chi connectivity index (χ1v) is 6.43. The fourth-order valence-corrected chi connectivity index (χ4v) is 2.65. The maximum atomic E-state index is 11.2. The number of rotatable bonds is 3. The summed E-state index contributed by atoms with van der Waals surface area (Å²) in [7, 11) is 0. The standard InChI is InChI=1S/C11H17N3OS/c1-8-7-16-11(13-8)5-12-10-3-4-14(6-10)9(2)15/h7,10,12H,3-6H2,1-2H3. The summed E-state index contributed by atoms with van der Waals surface area (Å²) in [5, 5.41) is 6.64. The monoisotopic (exact) mass is 239 g/mol. The Labute approximate surface area is 99.7 Å². The molecule has 1 N–H and O–H groups in total. The van der Waals surface area contributed by atoms with Gasteiger partial charge >= 0.3 is 0 Å². The third-order valence-electron chi connectivity index (χ3n) is 2.84. The zero-order valence-electron chi connectivity index (χ0n) is 9.69. The predicted molar refractivity (Wildman–Crippen MR) is 64.3 cm³/mol. The van der Waals surface area contributed by atoms with Gasteiger partial charge in [-0.1, -0.05) is 0 Å². The highest BCUT2D eigenvalue weighted by Crippen LogP contribution is 2.12. The van der Waals surface area contributed by atoms with Crippen molar-refractivity contribution in [2.24, 2.45) is 0 Å². The molecule has 0 saturated carbocycles. The van der Waals surface area contributed by atoms with E-state index in [1.165, 1.54) is 0 Å². The molecule has 5 heteroatoms. The van der Waals surface area contributed by atoms with Crippen molar-refractivity contribution in [1.29, 1.82) is 0 Å². The van der Waals surface area contributed by atoms with E-state index in [-0.39, 0.29) is 5.91 Å². The number of hydrogen-bond donors (Lipinski definition) is 1. The summed E-state index contributed by atoms with van der Waals surface area (Å²) in [5.74, 6) is 0.175. The average Bonchev–Trinajstić information content (AvgIpc) is 2.83. The SMILES string of the molecule is CC(=O)N1CCC(NCc2nc(C)cs2)C1. The molecule has 2 heterocycles. The highest BCUT2D eigenvalue weighted by atomic mass is 32.1. The fraction of sp³-hybridized carbons (Fsp3) is 0.636. The molecule has 1 amide bonds. The molecular formula is C11H17N3OS. The Hall–Kier alpha value is -0.940. The summed E-state index contributed by atoms with van der Waals surface area (Å²) in [6.45, 7) is 6.16. The molecule has 1 aliphatic heterocycles. The Morgan fingerprint density at radius 1 is 1.75 bits per heavy atom. The minimum atomic E-state index is 0.175. The number of hydrogen-bond acceptors (Lipinski definition) is 4. The van der Waals surface area contributed by atoms with Crippen molar-refractivity contribution < 1.29 is 4.79 Å². The van der Waals surface area contributed by atoms with Gasteiger partial charge in [0.05, 0.1) is 0 Å². The molecule has 0 bridgehead atoms. The Kier molecular flexibility index (Phi) is 3.56. The minimum absolute atomic E-state index is 0.175. The average molecular weight is 239 g/mol. The van der Waals surface area contributed by atoms with Crippen LogP contribution in [0.2, 0.25) is 0 Å². The maximum absolute atomic E-state index is 11.2. The summed E-state index contributed by atoms with van der Waals surface area (Å²) < 4.78 is 0. The van der Waals surface area contributed by atoms with E-state index in [2.05, 4.69) is 15.7 Å². The lowest BCUT2D eigenvalue weighted by atomic mass is 10.3. The zero-order chi connectivity index (χ0) is 11.5. The summed E-state index contributed by atoms with van der Waals surface area (Å²) >= 11 is 1.69. The van der Waals surface area contributed by atoms with Crippen LogP contribution in [-0.2, 0) is 11.3 Å². The molecule has 0 radical (unpaired) electrons. The van der Waals surface area contributed by atoms with Gasteiger partial charge in [0.2, 0.25) is 5.91 Å². The van der Waals surface area contributed by atoms with Gasteiger partial charge in [-0.05, 0) is 13.3 Å². The number of aromatic nitrogens is 1. The number of likely N-dealkylation sites (tertiary alicyclic amines) is 1. The number of amides is 1. The second kappa shape index (κ2) is 4.93. The van der Waals surface area contributed by atoms with E-state index in [0.29, 0.717) is 6.04 Å². The molecule has 0 aliphatic carbocycles. The number of carbonyl (C=O) groups is 1. The molecule has 88 valence electrons. The van der Waals surface area contributed by atoms with Gasteiger partial charge < -0.3 is 10.2 Å². The third-order valence-corrected chi connectivity index (χ3v) is 3.81. The molecule has 16 heavy (non-hydrogen) atoms. The molecular weight excluding hydrogens is 222 g/mol. The Morgan fingerprint density at radius 3 is 3.12 bits per heavy atom. The van der Waals surface area contributed by atoms with E-state index in [4.69, 9.17) is 0 Å². The number of thiazole rings is 1. The first kappa shape index (κ1) is 11.5. The van der Waals surface area contributed by atoms with Crippen molar-refractivity contribution in [2.75, 3.05) is 13.1 Å². The van der Waals surface area contributed by atoms with Crippen LogP contribution in [0.4, 0.5) is 0 Å². The maximum Gasteiger partial charge on any atom is 0.219 e. The van der Waals surface area contributed by atoms with E-state index in [0.717, 1.165) is 36.8 Å². The quantitative estimate of drug-likeness (QED) is 0.861. The summed E-state index contributed by atoms with van der Waals surface area (Å²) in [5.41, 5.74) is 1.08. The van der Waals surface area contributed by atoms with Gasteiger partial charge in [-0.3, -0.25) is 4.79 Å². The van der Waals surface area contributed by atoms with E-state index < -0.39 is 0 Å². The van der Waals surface area contributed by atoms with Crippen molar-refractivity contribution in [3.05, 3.63) is 16.1 Å². The van der Waals surface area contributed by atoms with Crippen molar-refractivity contribution in [3.63, 3.8) is 0 Å². The molecule has 1 atom stereocenters. The first-order valence-electron chi connectivity index (χ1n) is 5.55. The van der Waals surface area contributed by atoms with Gasteiger partial charge in [-0.25, -0.2) is 4.98 Å². The van der Waals surface area contributed by atoms with E-state index in [9.17, 15) is 4.79 Å². The van der Waals surface area contributed by atoms with Gasteiger partial charge in [0, 0.05) is 43.7 Å². The molecule has 2 rings (SSSR count). The van der Waals surface area contributed by atoms with Crippen molar-refractivity contribution in [1.82, 2.24) is 15.2 Å². The minimum Gasteiger partial charge on any atom is -0.341 e. The van der Waals surface area contributed by atoms with Crippen LogP contribution in [-0.4, -0.2) is 34.9 Å². The third kappa shape index (κ3) is 2.80. The van der Waals surface area contributed by atoms with Gasteiger partial charge in [-0.2, -0.15) is 0 Å². The van der Waals surface area contributed by atoms with Crippen LogP contribution in [0.5, 0.6) is 0 Å². The van der Waals surface area contributed by atoms with Crippen LogP contribution in [0.25, 0.3) is 0 Å². The smallest absolute Gasteiger partial charge is 0.219 e. The van der Waals surface area contributed by atoms with Gasteiger partial charge in [-0.15, -0.1) is 11.3 Å². The Morgan fingerprint density at radius 2 is 2.56 bits per heavy atom. The van der Waals surface area contributed by atoms with Crippen molar-refractivity contribution in [3.8, 4) is 0 Å². The van der Waals surface area contributed by atoms with Crippen LogP contribution < -0.4 is 5.32 Å². The largest absolute Gasteiger partial charge is 0.341 e. The number of nitrogens with zero attached hydrogens (tertiary/aromatic N) is 2. The molecule has 0 spiro atoms. The zero-order valence-corrected chi connectivity index (χ0v) is 10.5. The topological polar surface area (TPSA) is 45.2 Å². The summed E-state index contributed by atoms with van der Waals surface area (Å²) in [4.78, 5) is 17.5. The Bertz CT molecular complexity index is 377. The molecule has 1 unspecified atom stereocenters. The van der Waals surface area contributed by atoms with E-state index in [1.54, 1.807) is 18.3 Å². The lowest BCUT2D eigenvalue weighted by Gasteiger charge is -2.14. The van der Waals surface area contributed by atoms with Gasteiger partial charge in [0.1, 0.15) is 5.01 Å². The lowest BCUT2D eigenvalue weighted by molar-refractivity contribution is -0.127. The predicted octanol–water partition coefficient (Wildman–Crippen LogP) is 1.16. The number of aryl methyl sites for hydroxylation is 1. The Balaban J connectivity index is 1.77. The molecule has 0 aromatic carbocycles.